The van der Waals surface area contributed by atoms with Crippen LogP contribution in [0.4, 0.5) is 4.79 Å². The van der Waals surface area contributed by atoms with Gasteiger partial charge in [0.2, 0.25) is 0 Å². The number of carboxylic acid groups (broad SMARTS) is 2. The molecule has 0 saturated heterocycles. The van der Waals surface area contributed by atoms with Crippen LogP contribution in [-0.4, -0.2) is 37.4 Å². The molecule has 0 aliphatic heterocycles. The van der Waals surface area contributed by atoms with E-state index in [9.17, 15) is 0 Å². The largest absolute Gasteiger partial charge is 0.503 e. The van der Waals surface area contributed by atoms with Crippen LogP contribution >= 0.6 is 0 Å². The molecule has 0 radical (unpaired) electrons. The van der Waals surface area contributed by atoms with Crippen LogP contribution in [-0.2, 0) is 0 Å². The summed E-state index contributed by atoms with van der Waals surface area (Å²) in [6, 6.07) is 5.92. The molecule has 2 aromatic rings. The van der Waals surface area contributed by atoms with E-state index in [2.05, 4.69) is 23.1 Å². The van der Waals surface area contributed by atoms with Crippen LogP contribution in [0.2, 0.25) is 0 Å². The third-order valence-electron chi connectivity index (χ3n) is 4.37. The topological polar surface area (TPSA) is 114 Å². The van der Waals surface area contributed by atoms with E-state index >= 15 is 0 Å². The van der Waals surface area contributed by atoms with E-state index in [1.54, 1.807) is 0 Å². The fraction of sp³-hybridized carbons (Fsp3) is 0.471. The standard InChI is InChI=1S/C16H22N4.CH2O3/c1-2-12(9-17)7-13-8-14(13)15-10-20(11-19-15)16-5-3-4-6-18-16;2-1(3)4/h3-6,10-14H,2,7-9,17H2,1H3;(H2,2,3,4)/t12-,13+,14-;/m1./s1. The van der Waals surface area contributed by atoms with Gasteiger partial charge in [-0.25, -0.2) is 14.8 Å². The summed E-state index contributed by atoms with van der Waals surface area (Å²) in [7, 11) is 0. The molecule has 0 unspecified atom stereocenters. The van der Waals surface area contributed by atoms with Crippen LogP contribution in [0.15, 0.2) is 36.9 Å². The zero-order chi connectivity index (χ0) is 17.5. The fourth-order valence-corrected chi connectivity index (χ4v) is 2.89. The molecule has 4 N–H and O–H groups in total. The second-order valence-corrected chi connectivity index (χ2v) is 6.02. The number of aromatic nitrogens is 3. The minimum absolute atomic E-state index is 0.626. The second-order valence-electron chi connectivity index (χ2n) is 6.02. The lowest BCUT2D eigenvalue weighted by Gasteiger charge is -2.10. The summed E-state index contributed by atoms with van der Waals surface area (Å²) in [6.07, 6.45) is 7.65. The van der Waals surface area contributed by atoms with Crippen molar-refractivity contribution in [3.8, 4) is 5.82 Å². The Hall–Kier alpha value is -2.41. The zero-order valence-electron chi connectivity index (χ0n) is 13.7. The number of nitrogens with zero attached hydrogens (tertiary/aromatic N) is 3. The number of carbonyl (C=O) groups is 1. The molecule has 3 rings (SSSR count). The number of imidazole rings is 1. The number of hydrogen-bond donors (Lipinski definition) is 3. The summed E-state index contributed by atoms with van der Waals surface area (Å²) in [4.78, 5) is 17.5. The normalized spacial score (nSPS) is 19.9. The number of pyridine rings is 1. The average Bonchev–Trinajstić information content (AvgIpc) is 3.16. The Kier molecular flexibility index (Phi) is 6.31. The van der Waals surface area contributed by atoms with Gasteiger partial charge in [-0.2, -0.15) is 0 Å². The van der Waals surface area contributed by atoms with Crippen LogP contribution in [0.5, 0.6) is 0 Å². The Morgan fingerprint density at radius 1 is 1.42 bits per heavy atom. The zero-order valence-corrected chi connectivity index (χ0v) is 13.7. The first-order valence-electron chi connectivity index (χ1n) is 8.12. The van der Waals surface area contributed by atoms with Crippen molar-refractivity contribution in [2.24, 2.45) is 17.6 Å². The molecule has 7 nitrogen and oxygen atoms in total. The van der Waals surface area contributed by atoms with Crippen molar-refractivity contribution in [2.45, 2.75) is 32.1 Å². The van der Waals surface area contributed by atoms with Crippen LogP contribution in [0.1, 0.15) is 37.8 Å². The number of rotatable bonds is 6. The summed E-state index contributed by atoms with van der Waals surface area (Å²) in [5.74, 6) is 3.00. The van der Waals surface area contributed by atoms with Crippen molar-refractivity contribution >= 4 is 6.16 Å². The van der Waals surface area contributed by atoms with Crippen LogP contribution in [0.3, 0.4) is 0 Å². The van der Waals surface area contributed by atoms with E-state index in [0.29, 0.717) is 11.8 Å². The number of nitrogens with two attached hydrogens (primary N) is 1. The molecule has 1 fully saturated rings. The lowest BCUT2D eigenvalue weighted by molar-refractivity contribution is 0.137. The minimum atomic E-state index is -1.83. The summed E-state index contributed by atoms with van der Waals surface area (Å²) >= 11 is 0. The van der Waals surface area contributed by atoms with Gasteiger partial charge in [0.15, 0.2) is 0 Å². The van der Waals surface area contributed by atoms with E-state index in [-0.39, 0.29) is 0 Å². The first-order chi connectivity index (χ1) is 11.5. The smallest absolute Gasteiger partial charge is 0.450 e. The van der Waals surface area contributed by atoms with E-state index in [0.717, 1.165) is 18.3 Å². The Morgan fingerprint density at radius 2 is 2.17 bits per heavy atom. The quantitative estimate of drug-likeness (QED) is 0.749. The number of hydrogen-bond acceptors (Lipinski definition) is 4. The molecule has 2 aromatic heterocycles. The molecule has 0 aromatic carbocycles. The highest BCUT2D eigenvalue weighted by atomic mass is 16.6. The van der Waals surface area contributed by atoms with Gasteiger partial charge in [0.25, 0.3) is 0 Å². The Balaban J connectivity index is 0.000000471. The van der Waals surface area contributed by atoms with Crippen molar-refractivity contribution in [1.29, 1.82) is 0 Å². The lowest BCUT2D eigenvalue weighted by atomic mass is 9.98. The predicted octanol–water partition coefficient (Wildman–Crippen LogP) is 2.97. The van der Waals surface area contributed by atoms with Crippen molar-refractivity contribution in [2.75, 3.05) is 6.54 Å². The molecule has 1 aliphatic rings. The van der Waals surface area contributed by atoms with Gasteiger partial charge in [-0.15, -0.1) is 0 Å². The van der Waals surface area contributed by atoms with Gasteiger partial charge in [-0.05, 0) is 43.4 Å². The van der Waals surface area contributed by atoms with Gasteiger partial charge in [0.05, 0.1) is 5.69 Å². The predicted molar refractivity (Wildman–Crippen MR) is 90.3 cm³/mol. The molecule has 0 bridgehead atoms. The first kappa shape index (κ1) is 17.9. The highest BCUT2D eigenvalue weighted by molar-refractivity contribution is 5.53. The molecule has 130 valence electrons. The maximum absolute atomic E-state index is 8.56. The average molecular weight is 332 g/mol. The third-order valence-corrected chi connectivity index (χ3v) is 4.37. The van der Waals surface area contributed by atoms with E-state index in [1.807, 2.05) is 35.3 Å². The molecule has 0 spiro atoms. The first-order valence-corrected chi connectivity index (χ1v) is 8.12. The van der Waals surface area contributed by atoms with E-state index < -0.39 is 6.16 Å². The lowest BCUT2D eigenvalue weighted by Crippen LogP contribution is -2.14. The van der Waals surface area contributed by atoms with Gasteiger partial charge in [0.1, 0.15) is 12.1 Å². The highest BCUT2D eigenvalue weighted by Crippen LogP contribution is 2.50. The molecular weight excluding hydrogens is 308 g/mol. The maximum Gasteiger partial charge on any atom is 0.503 e. The van der Waals surface area contributed by atoms with Crippen molar-refractivity contribution in [3.63, 3.8) is 0 Å². The summed E-state index contributed by atoms with van der Waals surface area (Å²) in [5, 5.41) is 13.9. The Morgan fingerprint density at radius 3 is 2.75 bits per heavy atom. The van der Waals surface area contributed by atoms with Crippen molar-refractivity contribution < 1.29 is 15.0 Å². The molecular formula is C17H24N4O3. The van der Waals surface area contributed by atoms with E-state index in [1.165, 1.54) is 25.0 Å². The van der Waals surface area contributed by atoms with Crippen LogP contribution in [0.25, 0.3) is 5.82 Å². The van der Waals surface area contributed by atoms with Gasteiger partial charge < -0.3 is 15.9 Å². The Labute approximate surface area is 141 Å². The van der Waals surface area contributed by atoms with Crippen molar-refractivity contribution in [1.82, 2.24) is 14.5 Å². The summed E-state index contributed by atoms with van der Waals surface area (Å²) < 4.78 is 2.00. The summed E-state index contributed by atoms with van der Waals surface area (Å²) in [5.41, 5.74) is 7.00. The SMILES string of the molecule is CC[C@@H](CN)C[C@H]1C[C@H]1c1cn(-c2ccccn2)cn1.O=C(O)O. The van der Waals surface area contributed by atoms with Gasteiger partial charge in [-0.1, -0.05) is 19.4 Å². The van der Waals surface area contributed by atoms with Crippen LogP contribution < -0.4 is 5.73 Å². The molecule has 3 atom stereocenters. The van der Waals surface area contributed by atoms with E-state index in [4.69, 9.17) is 20.7 Å². The Bertz CT molecular complexity index is 636. The molecule has 7 heteroatoms. The molecule has 2 heterocycles. The minimum Gasteiger partial charge on any atom is -0.450 e. The van der Waals surface area contributed by atoms with Gasteiger partial charge in [0, 0.05) is 18.3 Å². The van der Waals surface area contributed by atoms with Crippen LogP contribution in [0, 0.1) is 11.8 Å². The molecule has 24 heavy (non-hydrogen) atoms. The van der Waals surface area contributed by atoms with Crippen molar-refractivity contribution in [3.05, 3.63) is 42.6 Å². The molecule has 1 saturated carbocycles. The van der Waals surface area contributed by atoms with Gasteiger partial charge >= 0.3 is 6.16 Å². The van der Waals surface area contributed by atoms with Gasteiger partial charge in [-0.3, -0.25) is 4.57 Å². The molecule has 1 aliphatic carbocycles. The summed E-state index contributed by atoms with van der Waals surface area (Å²) in [6.45, 7) is 3.03. The maximum atomic E-state index is 8.56. The molecule has 0 amide bonds. The third kappa shape index (κ3) is 5.06. The monoisotopic (exact) mass is 332 g/mol. The second kappa shape index (κ2) is 8.44. The highest BCUT2D eigenvalue weighted by Gasteiger charge is 2.40. The fourth-order valence-electron chi connectivity index (χ4n) is 2.89.